The number of carbonyl (C=O) groups excluding carboxylic acids is 3. The highest BCUT2D eigenvalue weighted by Gasteiger charge is 2.25. The van der Waals surface area contributed by atoms with Gasteiger partial charge in [-0.1, -0.05) is 0 Å². The minimum atomic E-state index is -0.639. The van der Waals surface area contributed by atoms with Gasteiger partial charge in [0.05, 0.1) is 32.4 Å². The predicted molar refractivity (Wildman–Crippen MR) is 131 cm³/mol. The number of amides is 2. The molecule has 35 heavy (non-hydrogen) atoms. The Kier molecular flexibility index (Phi) is 8.84. The Bertz CT molecular complexity index is 1190. The van der Waals surface area contributed by atoms with Gasteiger partial charge < -0.3 is 24.3 Å². The zero-order valence-corrected chi connectivity index (χ0v) is 19.9. The molecule has 0 saturated carbocycles. The summed E-state index contributed by atoms with van der Waals surface area (Å²) in [5.74, 6) is 0.0117. The van der Waals surface area contributed by atoms with Crippen molar-refractivity contribution in [2.24, 2.45) is 10.2 Å². The fourth-order valence-corrected chi connectivity index (χ4v) is 3.43. The van der Waals surface area contributed by atoms with Crippen molar-refractivity contribution in [2.75, 3.05) is 33.3 Å². The predicted octanol–water partition coefficient (Wildman–Crippen LogP) is 2.33. The summed E-state index contributed by atoms with van der Waals surface area (Å²) in [6.07, 6.45) is 2.53. The first-order chi connectivity index (χ1) is 16.9. The van der Waals surface area contributed by atoms with E-state index in [2.05, 4.69) is 25.6 Å². The van der Waals surface area contributed by atoms with Crippen molar-refractivity contribution in [1.82, 2.24) is 5.32 Å². The van der Waals surface area contributed by atoms with Gasteiger partial charge in [-0.15, -0.1) is 5.10 Å². The van der Waals surface area contributed by atoms with E-state index in [1.165, 1.54) is 20.4 Å². The van der Waals surface area contributed by atoms with Crippen LogP contribution < -0.4 is 24.8 Å². The van der Waals surface area contributed by atoms with Crippen molar-refractivity contribution in [3.63, 3.8) is 0 Å². The van der Waals surface area contributed by atoms with Crippen LogP contribution in [0.25, 0.3) is 0 Å². The lowest BCUT2D eigenvalue weighted by Gasteiger charge is -2.11. The average Bonchev–Trinajstić information content (AvgIpc) is 3.21. The van der Waals surface area contributed by atoms with E-state index in [1.54, 1.807) is 49.6 Å². The number of anilines is 1. The van der Waals surface area contributed by atoms with Gasteiger partial charge in [-0.3, -0.25) is 14.9 Å². The standard InChI is InChI=1S/C23H22N4O7S/c1-31-16-7-5-15(6-8-16)25-20(28)13-34-17-9-4-14(10-18(17)32-2)12-24-27-23-26-22(30)19(35-23)11-21(29)33-3/h4-12H,13H2,1-3H3,(H,25,28)(H,26,27,30)/b19-11+,24-12?. The lowest BCUT2D eigenvalue weighted by Crippen LogP contribution is -2.20. The molecule has 0 bridgehead atoms. The first kappa shape index (κ1) is 25.3. The molecule has 182 valence electrons. The van der Waals surface area contributed by atoms with Crippen LogP contribution >= 0.6 is 11.8 Å². The number of thioether (sulfide) groups is 1. The average molecular weight is 499 g/mol. The normalized spacial score (nSPS) is 15.2. The SMILES string of the molecule is COC(=O)/C=C1/S/C(=N\N=Cc2ccc(OCC(=O)Nc3ccc(OC)cc3)c(OC)c2)NC1=O. The van der Waals surface area contributed by atoms with E-state index in [9.17, 15) is 14.4 Å². The molecule has 2 aromatic rings. The number of methoxy groups -OCH3 is 3. The first-order valence-corrected chi connectivity index (χ1v) is 10.9. The molecule has 11 nitrogen and oxygen atoms in total. The Morgan fingerprint density at radius 3 is 2.51 bits per heavy atom. The van der Waals surface area contributed by atoms with Crippen LogP contribution in [0.1, 0.15) is 5.56 Å². The molecule has 0 aromatic heterocycles. The summed E-state index contributed by atoms with van der Waals surface area (Å²) in [4.78, 5) is 35.5. The second kappa shape index (κ2) is 12.2. The molecule has 1 fully saturated rings. The van der Waals surface area contributed by atoms with Gasteiger partial charge in [0, 0.05) is 11.8 Å². The van der Waals surface area contributed by atoms with Gasteiger partial charge in [0.2, 0.25) is 0 Å². The quantitative estimate of drug-likeness (QED) is 0.233. The van der Waals surface area contributed by atoms with Crippen molar-refractivity contribution in [2.45, 2.75) is 0 Å². The van der Waals surface area contributed by atoms with Crippen LogP contribution in [0.4, 0.5) is 5.69 Å². The highest BCUT2D eigenvalue weighted by molar-refractivity contribution is 8.18. The van der Waals surface area contributed by atoms with Gasteiger partial charge >= 0.3 is 5.97 Å². The molecule has 1 aliphatic rings. The zero-order chi connectivity index (χ0) is 25.2. The summed E-state index contributed by atoms with van der Waals surface area (Å²) in [6, 6.07) is 11.9. The molecule has 0 atom stereocenters. The maximum absolute atomic E-state index is 12.2. The molecule has 12 heteroatoms. The number of hydrogen-bond donors (Lipinski definition) is 2. The third kappa shape index (κ3) is 7.33. The maximum Gasteiger partial charge on any atom is 0.331 e. The number of hydrogen-bond acceptors (Lipinski definition) is 10. The largest absolute Gasteiger partial charge is 0.497 e. The highest BCUT2D eigenvalue weighted by atomic mass is 32.2. The van der Waals surface area contributed by atoms with Crippen LogP contribution in [0.2, 0.25) is 0 Å². The molecular weight excluding hydrogens is 476 g/mol. The van der Waals surface area contributed by atoms with Crippen molar-refractivity contribution < 1.29 is 33.3 Å². The van der Waals surface area contributed by atoms with Crippen molar-refractivity contribution in [3.8, 4) is 17.2 Å². The number of nitrogens with zero attached hydrogens (tertiary/aromatic N) is 2. The van der Waals surface area contributed by atoms with Crippen molar-refractivity contribution in [1.29, 1.82) is 0 Å². The minimum Gasteiger partial charge on any atom is -0.497 e. The monoisotopic (exact) mass is 498 g/mol. The van der Waals surface area contributed by atoms with Crippen LogP contribution in [0.3, 0.4) is 0 Å². The number of esters is 1. The van der Waals surface area contributed by atoms with Crippen LogP contribution in [-0.4, -0.2) is 57.1 Å². The summed E-state index contributed by atoms with van der Waals surface area (Å²) < 4.78 is 20.5. The fraction of sp³-hybridized carbons (Fsp3) is 0.174. The van der Waals surface area contributed by atoms with E-state index in [4.69, 9.17) is 14.2 Å². The number of benzene rings is 2. The first-order valence-electron chi connectivity index (χ1n) is 10.1. The Morgan fingerprint density at radius 1 is 1.06 bits per heavy atom. The van der Waals surface area contributed by atoms with E-state index >= 15 is 0 Å². The van der Waals surface area contributed by atoms with E-state index in [1.807, 2.05) is 0 Å². The van der Waals surface area contributed by atoms with E-state index < -0.39 is 11.9 Å². The number of amidine groups is 1. The Balaban J connectivity index is 1.57. The van der Waals surface area contributed by atoms with Gasteiger partial charge in [-0.25, -0.2) is 4.79 Å². The highest BCUT2D eigenvalue weighted by Crippen LogP contribution is 2.28. The number of nitrogens with one attached hydrogen (secondary N) is 2. The molecule has 1 saturated heterocycles. The minimum absolute atomic E-state index is 0.157. The molecule has 1 aliphatic heterocycles. The van der Waals surface area contributed by atoms with E-state index in [0.717, 1.165) is 17.8 Å². The van der Waals surface area contributed by atoms with Crippen LogP contribution in [0.15, 0.2) is 63.6 Å². The van der Waals surface area contributed by atoms with E-state index in [0.29, 0.717) is 28.5 Å². The maximum atomic E-state index is 12.2. The molecule has 0 spiro atoms. The smallest absolute Gasteiger partial charge is 0.331 e. The molecule has 1 heterocycles. The molecule has 2 amide bonds. The number of rotatable bonds is 9. The lowest BCUT2D eigenvalue weighted by molar-refractivity contribution is -0.135. The Hall–Kier alpha value is -4.32. The summed E-state index contributed by atoms with van der Waals surface area (Å²) in [6.45, 7) is -0.220. The molecule has 0 unspecified atom stereocenters. The lowest BCUT2D eigenvalue weighted by atomic mass is 10.2. The number of carbonyl (C=O) groups is 3. The van der Waals surface area contributed by atoms with Crippen LogP contribution in [-0.2, 0) is 19.1 Å². The topological polar surface area (TPSA) is 137 Å². The fourth-order valence-electron chi connectivity index (χ4n) is 2.69. The number of ether oxygens (including phenoxy) is 4. The van der Waals surface area contributed by atoms with Gasteiger partial charge in [-0.05, 0) is 59.8 Å². The Labute approximate surface area is 205 Å². The summed E-state index contributed by atoms with van der Waals surface area (Å²) in [5.41, 5.74) is 1.25. The summed E-state index contributed by atoms with van der Waals surface area (Å²) in [7, 11) is 4.26. The molecule has 3 rings (SSSR count). The van der Waals surface area contributed by atoms with Crippen molar-refractivity contribution in [3.05, 3.63) is 59.0 Å². The third-order valence-electron chi connectivity index (χ3n) is 4.38. The second-order valence-electron chi connectivity index (χ2n) is 6.71. The summed E-state index contributed by atoms with van der Waals surface area (Å²) in [5, 5.41) is 13.3. The second-order valence-corrected chi connectivity index (χ2v) is 7.74. The third-order valence-corrected chi connectivity index (χ3v) is 5.28. The zero-order valence-electron chi connectivity index (χ0n) is 19.1. The van der Waals surface area contributed by atoms with Crippen LogP contribution in [0, 0.1) is 0 Å². The van der Waals surface area contributed by atoms with Crippen LogP contribution in [0.5, 0.6) is 17.2 Å². The van der Waals surface area contributed by atoms with Gasteiger partial charge in [0.15, 0.2) is 23.3 Å². The van der Waals surface area contributed by atoms with Gasteiger partial charge in [0.1, 0.15) is 5.75 Å². The molecule has 0 aliphatic carbocycles. The molecule has 0 radical (unpaired) electrons. The van der Waals surface area contributed by atoms with Gasteiger partial charge in [0.25, 0.3) is 11.8 Å². The summed E-state index contributed by atoms with van der Waals surface area (Å²) >= 11 is 0.966. The van der Waals surface area contributed by atoms with Gasteiger partial charge in [-0.2, -0.15) is 5.10 Å². The van der Waals surface area contributed by atoms with Crippen molar-refractivity contribution >= 4 is 46.6 Å². The molecule has 2 aromatic carbocycles. The van der Waals surface area contributed by atoms with E-state index in [-0.39, 0.29) is 22.6 Å². The molecular formula is C23H22N4O7S. The Morgan fingerprint density at radius 2 is 1.83 bits per heavy atom. The molecule has 2 N–H and O–H groups in total.